The van der Waals surface area contributed by atoms with Gasteiger partial charge in [-0.05, 0) is 11.8 Å². The SMILES string of the molecule is CC1(C)CC1C(=O)NCCN1CCNCC1.Cl. The van der Waals surface area contributed by atoms with E-state index < -0.39 is 0 Å². The molecule has 1 aliphatic carbocycles. The standard InChI is InChI=1S/C12H23N3O.ClH/c1-12(2)9-10(12)11(16)14-5-8-15-6-3-13-4-7-15;/h10,13H,3-9H2,1-2H3,(H,14,16);1H. The molecule has 1 aliphatic heterocycles. The Balaban J connectivity index is 0.00000144. The molecule has 1 saturated heterocycles. The zero-order valence-electron chi connectivity index (χ0n) is 10.8. The maximum absolute atomic E-state index is 11.7. The lowest BCUT2D eigenvalue weighted by Gasteiger charge is -2.27. The Hall–Kier alpha value is -0.320. The largest absolute Gasteiger partial charge is 0.355 e. The zero-order valence-corrected chi connectivity index (χ0v) is 11.6. The predicted molar refractivity (Wildman–Crippen MR) is 71.5 cm³/mol. The van der Waals surface area contributed by atoms with E-state index in [0.717, 1.165) is 45.7 Å². The number of nitrogens with zero attached hydrogens (tertiary/aromatic N) is 1. The quantitative estimate of drug-likeness (QED) is 0.774. The topological polar surface area (TPSA) is 44.4 Å². The van der Waals surface area contributed by atoms with Gasteiger partial charge in [-0.2, -0.15) is 0 Å². The van der Waals surface area contributed by atoms with Gasteiger partial charge in [0.15, 0.2) is 0 Å². The summed E-state index contributed by atoms with van der Waals surface area (Å²) in [6, 6.07) is 0. The van der Waals surface area contributed by atoms with Gasteiger partial charge in [0.1, 0.15) is 0 Å². The van der Waals surface area contributed by atoms with Crippen molar-refractivity contribution < 1.29 is 4.79 Å². The molecule has 0 radical (unpaired) electrons. The number of halogens is 1. The summed E-state index contributed by atoms with van der Waals surface area (Å²) in [6.07, 6.45) is 1.05. The summed E-state index contributed by atoms with van der Waals surface area (Å²) >= 11 is 0. The van der Waals surface area contributed by atoms with Crippen LogP contribution in [0.1, 0.15) is 20.3 Å². The highest BCUT2D eigenvalue weighted by Gasteiger charge is 2.50. The monoisotopic (exact) mass is 261 g/mol. The summed E-state index contributed by atoms with van der Waals surface area (Å²) in [5.41, 5.74) is 0.249. The van der Waals surface area contributed by atoms with Gasteiger partial charge in [-0.3, -0.25) is 9.69 Å². The highest BCUT2D eigenvalue weighted by Crippen LogP contribution is 2.51. The molecule has 1 heterocycles. The van der Waals surface area contributed by atoms with Crippen molar-refractivity contribution in [3.8, 4) is 0 Å². The molecule has 1 saturated carbocycles. The fourth-order valence-electron chi connectivity index (χ4n) is 2.31. The van der Waals surface area contributed by atoms with Crippen LogP contribution in [0.25, 0.3) is 0 Å². The van der Waals surface area contributed by atoms with Crippen LogP contribution in [0, 0.1) is 11.3 Å². The van der Waals surface area contributed by atoms with Crippen molar-refractivity contribution in [1.29, 1.82) is 0 Å². The van der Waals surface area contributed by atoms with Crippen LogP contribution in [-0.2, 0) is 4.79 Å². The van der Waals surface area contributed by atoms with Crippen LogP contribution >= 0.6 is 12.4 Å². The third kappa shape index (κ3) is 4.12. The normalized spacial score (nSPS) is 27.1. The molecule has 2 N–H and O–H groups in total. The molecule has 2 aliphatic rings. The maximum Gasteiger partial charge on any atom is 0.223 e. The fourth-order valence-corrected chi connectivity index (χ4v) is 2.31. The first-order chi connectivity index (χ1) is 7.59. The molecule has 0 aromatic rings. The van der Waals surface area contributed by atoms with Crippen LogP contribution < -0.4 is 10.6 Å². The molecule has 5 heteroatoms. The number of carbonyl (C=O) groups excluding carboxylic acids is 1. The molecule has 2 fully saturated rings. The van der Waals surface area contributed by atoms with E-state index in [-0.39, 0.29) is 29.6 Å². The molecule has 0 aromatic carbocycles. The van der Waals surface area contributed by atoms with Crippen LogP contribution in [0.2, 0.25) is 0 Å². The van der Waals surface area contributed by atoms with Gasteiger partial charge in [0.25, 0.3) is 0 Å². The molecule has 100 valence electrons. The van der Waals surface area contributed by atoms with Gasteiger partial charge in [-0.25, -0.2) is 0 Å². The number of carbonyl (C=O) groups is 1. The zero-order chi connectivity index (χ0) is 11.6. The van der Waals surface area contributed by atoms with Gasteiger partial charge in [-0.1, -0.05) is 13.8 Å². The molecule has 0 bridgehead atoms. The second-order valence-electron chi connectivity index (χ2n) is 5.63. The second kappa shape index (κ2) is 6.03. The van der Waals surface area contributed by atoms with Crippen LogP contribution in [0.5, 0.6) is 0 Å². The van der Waals surface area contributed by atoms with Crippen LogP contribution in [-0.4, -0.2) is 50.1 Å². The van der Waals surface area contributed by atoms with Gasteiger partial charge < -0.3 is 10.6 Å². The summed E-state index contributed by atoms with van der Waals surface area (Å²) in [6.45, 7) is 10.5. The molecule has 1 unspecified atom stereocenters. The highest BCUT2D eigenvalue weighted by atomic mass is 35.5. The predicted octanol–water partition coefficient (Wildman–Crippen LogP) is 0.476. The number of hydrogen-bond donors (Lipinski definition) is 2. The van der Waals surface area contributed by atoms with Crippen molar-refractivity contribution in [2.24, 2.45) is 11.3 Å². The third-order valence-electron chi connectivity index (χ3n) is 3.77. The summed E-state index contributed by atoms with van der Waals surface area (Å²) in [4.78, 5) is 14.1. The number of piperazine rings is 1. The summed E-state index contributed by atoms with van der Waals surface area (Å²) in [7, 11) is 0. The van der Waals surface area contributed by atoms with Gasteiger partial charge in [0.05, 0.1) is 0 Å². The lowest BCUT2D eigenvalue weighted by Crippen LogP contribution is -2.46. The Morgan fingerprint density at radius 1 is 1.41 bits per heavy atom. The summed E-state index contributed by atoms with van der Waals surface area (Å²) < 4.78 is 0. The van der Waals surface area contributed by atoms with Crippen molar-refractivity contribution in [3.05, 3.63) is 0 Å². The van der Waals surface area contributed by atoms with Crippen LogP contribution in [0.4, 0.5) is 0 Å². The van der Waals surface area contributed by atoms with Crippen LogP contribution in [0.3, 0.4) is 0 Å². The maximum atomic E-state index is 11.7. The van der Waals surface area contributed by atoms with E-state index in [0.29, 0.717) is 0 Å². The minimum absolute atomic E-state index is 0. The van der Waals surface area contributed by atoms with E-state index >= 15 is 0 Å². The Morgan fingerprint density at radius 3 is 2.53 bits per heavy atom. The van der Waals surface area contributed by atoms with Gasteiger partial charge in [-0.15, -0.1) is 12.4 Å². The van der Waals surface area contributed by atoms with E-state index in [9.17, 15) is 4.79 Å². The van der Waals surface area contributed by atoms with Crippen LogP contribution in [0.15, 0.2) is 0 Å². The first-order valence-electron chi connectivity index (χ1n) is 6.30. The molecule has 4 nitrogen and oxygen atoms in total. The van der Waals surface area contributed by atoms with E-state index in [1.165, 1.54) is 0 Å². The number of rotatable bonds is 4. The van der Waals surface area contributed by atoms with E-state index in [2.05, 4.69) is 29.4 Å². The number of hydrogen-bond acceptors (Lipinski definition) is 3. The average Bonchev–Trinajstić information content (AvgIpc) is 2.89. The van der Waals surface area contributed by atoms with Gasteiger partial charge >= 0.3 is 0 Å². The van der Waals surface area contributed by atoms with Crippen molar-refractivity contribution in [1.82, 2.24) is 15.5 Å². The molecule has 1 amide bonds. The lowest BCUT2D eigenvalue weighted by atomic mass is 10.1. The van der Waals surface area contributed by atoms with Crippen molar-refractivity contribution in [3.63, 3.8) is 0 Å². The summed E-state index contributed by atoms with van der Waals surface area (Å²) in [5, 5.41) is 6.37. The number of amides is 1. The fraction of sp³-hybridized carbons (Fsp3) is 0.917. The van der Waals surface area contributed by atoms with Gasteiger partial charge in [0, 0.05) is 45.2 Å². The number of nitrogens with one attached hydrogen (secondary N) is 2. The highest BCUT2D eigenvalue weighted by molar-refractivity contribution is 5.85. The Kier molecular flexibility index (Phi) is 5.22. The molecular weight excluding hydrogens is 238 g/mol. The first kappa shape index (κ1) is 14.7. The Morgan fingerprint density at radius 2 is 2.00 bits per heavy atom. The average molecular weight is 262 g/mol. The van der Waals surface area contributed by atoms with Crippen molar-refractivity contribution in [2.75, 3.05) is 39.3 Å². The van der Waals surface area contributed by atoms with E-state index in [4.69, 9.17) is 0 Å². The minimum atomic E-state index is 0. The molecular formula is C12H24ClN3O. The minimum Gasteiger partial charge on any atom is -0.355 e. The smallest absolute Gasteiger partial charge is 0.223 e. The van der Waals surface area contributed by atoms with Crippen molar-refractivity contribution >= 4 is 18.3 Å². The Bertz CT molecular complexity index is 264. The molecule has 2 rings (SSSR count). The van der Waals surface area contributed by atoms with E-state index in [1.54, 1.807) is 0 Å². The van der Waals surface area contributed by atoms with E-state index in [1.807, 2.05) is 0 Å². The summed E-state index contributed by atoms with van der Waals surface area (Å²) in [5.74, 6) is 0.510. The molecule has 1 atom stereocenters. The first-order valence-corrected chi connectivity index (χ1v) is 6.30. The Labute approximate surface area is 110 Å². The molecule has 0 aromatic heterocycles. The lowest BCUT2D eigenvalue weighted by molar-refractivity contribution is -0.123. The second-order valence-corrected chi connectivity index (χ2v) is 5.63. The van der Waals surface area contributed by atoms with Gasteiger partial charge in [0.2, 0.25) is 5.91 Å². The molecule has 17 heavy (non-hydrogen) atoms. The molecule has 0 spiro atoms. The third-order valence-corrected chi connectivity index (χ3v) is 3.77. The van der Waals surface area contributed by atoms with Crippen molar-refractivity contribution in [2.45, 2.75) is 20.3 Å².